The first kappa shape index (κ1) is 8.09. The van der Waals surface area contributed by atoms with Crippen LogP contribution in [0.25, 0.3) is 0 Å². The summed E-state index contributed by atoms with van der Waals surface area (Å²) in [4.78, 5) is 6.98. The van der Waals surface area contributed by atoms with Gasteiger partial charge in [-0.2, -0.15) is 0 Å². The normalized spacial score (nSPS) is 34.4. The molecule has 0 N–H and O–H groups in total. The van der Waals surface area contributed by atoms with Gasteiger partial charge in [-0.05, 0) is 40.0 Å². The van der Waals surface area contributed by atoms with Crippen LogP contribution in [-0.4, -0.2) is 28.9 Å². The number of hydrogen-bond acceptors (Lipinski definition) is 2. The van der Waals surface area contributed by atoms with Crippen molar-refractivity contribution in [2.45, 2.75) is 57.7 Å². The standard InChI is InChI=1S/C10H18N2/c1-10(2,3)12-7-11-8-5-4-6-9(8)12/h7-9H,4-6H2,1-3H3. The second kappa shape index (κ2) is 2.48. The van der Waals surface area contributed by atoms with Crippen LogP contribution in [0.5, 0.6) is 0 Å². The summed E-state index contributed by atoms with van der Waals surface area (Å²) in [6, 6.07) is 1.33. The van der Waals surface area contributed by atoms with Crippen molar-refractivity contribution >= 4 is 6.34 Å². The zero-order valence-electron chi connectivity index (χ0n) is 8.25. The predicted octanol–water partition coefficient (Wildman–Crippen LogP) is 2.05. The maximum Gasteiger partial charge on any atom is 0.0861 e. The lowest BCUT2D eigenvalue weighted by molar-refractivity contribution is 0.191. The molecular weight excluding hydrogens is 148 g/mol. The molecule has 0 aromatic carbocycles. The number of fused-ring (bicyclic) bond motifs is 1. The smallest absolute Gasteiger partial charge is 0.0861 e. The molecule has 2 unspecified atom stereocenters. The maximum atomic E-state index is 4.55. The highest BCUT2D eigenvalue weighted by Gasteiger charge is 2.39. The van der Waals surface area contributed by atoms with Gasteiger partial charge in [-0.15, -0.1) is 0 Å². The topological polar surface area (TPSA) is 15.6 Å². The number of rotatable bonds is 0. The Hall–Kier alpha value is -0.530. The van der Waals surface area contributed by atoms with Gasteiger partial charge < -0.3 is 4.90 Å². The van der Waals surface area contributed by atoms with Crippen molar-refractivity contribution in [1.29, 1.82) is 0 Å². The second-order valence-electron chi connectivity index (χ2n) is 4.91. The minimum absolute atomic E-state index is 0.257. The van der Waals surface area contributed by atoms with E-state index in [1.807, 2.05) is 0 Å². The minimum Gasteiger partial charge on any atom is -0.353 e. The zero-order chi connectivity index (χ0) is 8.77. The van der Waals surface area contributed by atoms with Crippen molar-refractivity contribution in [3.63, 3.8) is 0 Å². The van der Waals surface area contributed by atoms with Gasteiger partial charge in [0.1, 0.15) is 0 Å². The molecule has 2 atom stereocenters. The summed E-state index contributed by atoms with van der Waals surface area (Å²) in [7, 11) is 0. The van der Waals surface area contributed by atoms with E-state index in [-0.39, 0.29) is 5.54 Å². The molecule has 1 aliphatic heterocycles. The highest BCUT2D eigenvalue weighted by atomic mass is 15.3. The van der Waals surface area contributed by atoms with Crippen LogP contribution in [0.3, 0.4) is 0 Å². The molecule has 0 aromatic heterocycles. The van der Waals surface area contributed by atoms with E-state index in [1.54, 1.807) is 0 Å². The van der Waals surface area contributed by atoms with Gasteiger partial charge in [0.25, 0.3) is 0 Å². The summed E-state index contributed by atoms with van der Waals surface area (Å²) in [5.41, 5.74) is 0.257. The SMILES string of the molecule is CC(C)(C)N1C=NC2CCCC21. The molecule has 1 heterocycles. The molecule has 1 saturated carbocycles. The third-order valence-electron chi connectivity index (χ3n) is 2.96. The second-order valence-corrected chi connectivity index (χ2v) is 4.91. The van der Waals surface area contributed by atoms with Crippen LogP contribution in [0.15, 0.2) is 4.99 Å². The Labute approximate surface area is 74.7 Å². The molecule has 2 nitrogen and oxygen atoms in total. The molecule has 0 saturated heterocycles. The summed E-state index contributed by atoms with van der Waals surface area (Å²) < 4.78 is 0. The summed E-state index contributed by atoms with van der Waals surface area (Å²) in [5, 5.41) is 0. The third-order valence-corrected chi connectivity index (χ3v) is 2.96. The number of nitrogens with zero attached hydrogens (tertiary/aromatic N) is 2. The molecule has 0 bridgehead atoms. The van der Waals surface area contributed by atoms with E-state index in [2.05, 4.69) is 37.0 Å². The van der Waals surface area contributed by atoms with Crippen LogP contribution in [0, 0.1) is 0 Å². The first-order chi connectivity index (χ1) is 5.59. The van der Waals surface area contributed by atoms with Crippen molar-refractivity contribution in [3.05, 3.63) is 0 Å². The molecule has 2 rings (SSSR count). The first-order valence-electron chi connectivity index (χ1n) is 4.91. The van der Waals surface area contributed by atoms with Crippen molar-refractivity contribution < 1.29 is 0 Å². The fourth-order valence-corrected chi connectivity index (χ4v) is 2.33. The molecule has 0 aromatic rings. The maximum absolute atomic E-state index is 4.55. The molecular formula is C10H18N2. The molecule has 2 heteroatoms. The van der Waals surface area contributed by atoms with E-state index in [4.69, 9.17) is 0 Å². The van der Waals surface area contributed by atoms with Crippen molar-refractivity contribution in [2.75, 3.05) is 0 Å². The lowest BCUT2D eigenvalue weighted by atomic mass is 10.0. The molecule has 68 valence electrons. The average molecular weight is 166 g/mol. The van der Waals surface area contributed by atoms with Gasteiger partial charge in [0.2, 0.25) is 0 Å². The van der Waals surface area contributed by atoms with Crippen molar-refractivity contribution in [3.8, 4) is 0 Å². The van der Waals surface area contributed by atoms with Crippen molar-refractivity contribution in [1.82, 2.24) is 4.90 Å². The van der Waals surface area contributed by atoms with Crippen LogP contribution in [0.2, 0.25) is 0 Å². The molecule has 0 spiro atoms. The van der Waals surface area contributed by atoms with Gasteiger partial charge in [-0.3, -0.25) is 4.99 Å². The van der Waals surface area contributed by atoms with E-state index >= 15 is 0 Å². The molecule has 1 aliphatic carbocycles. The molecule has 2 aliphatic rings. The highest BCUT2D eigenvalue weighted by molar-refractivity contribution is 5.60. The molecule has 0 radical (unpaired) electrons. The highest BCUT2D eigenvalue weighted by Crippen LogP contribution is 2.33. The van der Waals surface area contributed by atoms with Crippen molar-refractivity contribution in [2.24, 2.45) is 4.99 Å². The fourth-order valence-electron chi connectivity index (χ4n) is 2.33. The monoisotopic (exact) mass is 166 g/mol. The van der Waals surface area contributed by atoms with E-state index in [1.165, 1.54) is 19.3 Å². The van der Waals surface area contributed by atoms with E-state index in [0.29, 0.717) is 12.1 Å². The third kappa shape index (κ3) is 1.13. The largest absolute Gasteiger partial charge is 0.353 e. The van der Waals surface area contributed by atoms with E-state index < -0.39 is 0 Å². The zero-order valence-corrected chi connectivity index (χ0v) is 8.25. The number of aliphatic imine (C=N–C) groups is 1. The molecule has 0 amide bonds. The Morgan fingerprint density at radius 1 is 1.33 bits per heavy atom. The number of hydrogen-bond donors (Lipinski definition) is 0. The lowest BCUT2D eigenvalue weighted by Crippen LogP contribution is -2.45. The van der Waals surface area contributed by atoms with Gasteiger partial charge >= 0.3 is 0 Å². The van der Waals surface area contributed by atoms with Gasteiger partial charge in [-0.25, -0.2) is 0 Å². The Morgan fingerprint density at radius 3 is 2.75 bits per heavy atom. The Morgan fingerprint density at radius 2 is 2.08 bits per heavy atom. The van der Waals surface area contributed by atoms with Gasteiger partial charge in [0.05, 0.1) is 18.4 Å². The first-order valence-corrected chi connectivity index (χ1v) is 4.91. The van der Waals surface area contributed by atoms with E-state index in [0.717, 1.165) is 0 Å². The molecule has 1 fully saturated rings. The van der Waals surface area contributed by atoms with Crippen LogP contribution in [0.4, 0.5) is 0 Å². The summed E-state index contributed by atoms with van der Waals surface area (Å²) in [6.45, 7) is 6.79. The van der Waals surface area contributed by atoms with Crippen LogP contribution in [0.1, 0.15) is 40.0 Å². The Kier molecular flexibility index (Phi) is 1.67. The summed E-state index contributed by atoms with van der Waals surface area (Å²) in [6.07, 6.45) is 6.06. The van der Waals surface area contributed by atoms with Crippen LogP contribution in [-0.2, 0) is 0 Å². The van der Waals surface area contributed by atoms with Gasteiger partial charge in [0, 0.05) is 5.54 Å². The summed E-state index contributed by atoms with van der Waals surface area (Å²) in [5.74, 6) is 0. The Balaban J connectivity index is 2.15. The predicted molar refractivity (Wildman–Crippen MR) is 51.5 cm³/mol. The lowest BCUT2D eigenvalue weighted by Gasteiger charge is -2.36. The summed E-state index contributed by atoms with van der Waals surface area (Å²) >= 11 is 0. The van der Waals surface area contributed by atoms with Crippen LogP contribution < -0.4 is 0 Å². The van der Waals surface area contributed by atoms with E-state index in [9.17, 15) is 0 Å². The average Bonchev–Trinajstić information content (AvgIpc) is 2.37. The van der Waals surface area contributed by atoms with Gasteiger partial charge in [-0.1, -0.05) is 0 Å². The Bertz CT molecular complexity index is 202. The molecule has 12 heavy (non-hydrogen) atoms. The van der Waals surface area contributed by atoms with Crippen LogP contribution >= 0.6 is 0 Å². The minimum atomic E-state index is 0.257. The quantitative estimate of drug-likeness (QED) is 0.538. The fraction of sp³-hybridized carbons (Fsp3) is 0.900. The van der Waals surface area contributed by atoms with Gasteiger partial charge in [0.15, 0.2) is 0 Å².